The summed E-state index contributed by atoms with van der Waals surface area (Å²) in [5.74, 6) is -0.608. The van der Waals surface area contributed by atoms with Crippen molar-refractivity contribution < 1.29 is 14.3 Å². The van der Waals surface area contributed by atoms with Crippen LogP contribution in [0.25, 0.3) is 0 Å². The topological polar surface area (TPSA) is 93.2 Å². The second-order valence-electron chi connectivity index (χ2n) is 7.27. The quantitative estimate of drug-likeness (QED) is 0.494. The lowest BCUT2D eigenvalue weighted by Crippen LogP contribution is -2.32. The molecule has 0 saturated carbocycles. The van der Waals surface area contributed by atoms with Crippen LogP contribution in [0.15, 0.2) is 11.4 Å². The van der Waals surface area contributed by atoms with Crippen LogP contribution in [0.3, 0.4) is 0 Å². The first-order valence-corrected chi connectivity index (χ1v) is 12.4. The summed E-state index contributed by atoms with van der Waals surface area (Å²) in [5.41, 5.74) is 1.72. The van der Waals surface area contributed by atoms with Gasteiger partial charge in [0.15, 0.2) is 10.9 Å². The van der Waals surface area contributed by atoms with Crippen molar-refractivity contribution in [3.63, 3.8) is 0 Å². The average Bonchev–Trinajstić information content (AvgIpc) is 3.39. The average molecular weight is 467 g/mol. The Balaban J connectivity index is 1.58. The third-order valence-electron chi connectivity index (χ3n) is 5.26. The number of aromatic nitrogens is 2. The molecule has 1 saturated heterocycles. The number of carbonyl (C=O) groups is 2. The van der Waals surface area contributed by atoms with Gasteiger partial charge in [-0.2, -0.15) is 0 Å². The van der Waals surface area contributed by atoms with Gasteiger partial charge >= 0.3 is 0 Å². The zero-order valence-electron chi connectivity index (χ0n) is 16.6. The van der Waals surface area contributed by atoms with Crippen LogP contribution in [0.5, 0.6) is 0 Å². The van der Waals surface area contributed by atoms with E-state index in [-0.39, 0.29) is 22.7 Å². The molecule has 1 aliphatic heterocycles. The largest absolute Gasteiger partial charge is 0.376 e. The van der Waals surface area contributed by atoms with Crippen LogP contribution in [0.2, 0.25) is 5.02 Å². The Morgan fingerprint density at radius 2 is 2.13 bits per heavy atom. The molecule has 1 aliphatic carbocycles. The summed E-state index contributed by atoms with van der Waals surface area (Å²) in [7, 11) is 0. The number of fused-ring (bicyclic) bond motifs is 1. The Morgan fingerprint density at radius 3 is 2.90 bits per heavy atom. The third kappa shape index (κ3) is 4.64. The van der Waals surface area contributed by atoms with Crippen LogP contribution in [0.1, 0.15) is 57.0 Å². The van der Waals surface area contributed by atoms with Gasteiger partial charge in [0.25, 0.3) is 11.8 Å². The maximum Gasteiger partial charge on any atom is 0.276 e. The SMILES string of the molecule is CSc1ncc(Cl)c(C(=O)Nc2sc3c(c2C(=O)NCC2CCCO2)CCCC3)n1. The minimum atomic E-state index is -0.440. The van der Waals surface area contributed by atoms with Crippen LogP contribution < -0.4 is 10.6 Å². The van der Waals surface area contributed by atoms with E-state index in [2.05, 4.69) is 20.6 Å². The molecule has 2 aromatic heterocycles. The molecule has 7 nitrogen and oxygen atoms in total. The Hall–Kier alpha value is -1.68. The lowest BCUT2D eigenvalue weighted by atomic mass is 9.95. The lowest BCUT2D eigenvalue weighted by Gasteiger charge is -2.15. The molecular weight excluding hydrogens is 444 g/mol. The van der Waals surface area contributed by atoms with Crippen molar-refractivity contribution in [3.05, 3.63) is 32.9 Å². The van der Waals surface area contributed by atoms with Crippen molar-refractivity contribution in [3.8, 4) is 0 Å². The molecule has 10 heteroatoms. The molecule has 30 heavy (non-hydrogen) atoms. The van der Waals surface area contributed by atoms with E-state index >= 15 is 0 Å². The zero-order chi connectivity index (χ0) is 21.1. The van der Waals surface area contributed by atoms with Gasteiger partial charge in [-0.15, -0.1) is 11.3 Å². The standard InChI is InChI=1S/C20H23ClN4O3S2/c1-29-20-23-10-13(21)16(24-20)18(27)25-19-15(12-6-2-3-7-14(12)30-19)17(26)22-9-11-5-4-8-28-11/h10-11H,2-9H2,1H3,(H,22,26)(H,25,27). The van der Waals surface area contributed by atoms with Crippen LogP contribution in [-0.4, -0.2) is 47.3 Å². The van der Waals surface area contributed by atoms with Crippen molar-refractivity contribution in [2.45, 2.75) is 49.8 Å². The first-order chi connectivity index (χ1) is 14.6. The Kier molecular flexibility index (Phi) is 6.92. The number of rotatable bonds is 6. The van der Waals surface area contributed by atoms with Gasteiger partial charge < -0.3 is 15.4 Å². The number of thioether (sulfide) groups is 1. The molecular formula is C20H23ClN4O3S2. The highest BCUT2D eigenvalue weighted by Gasteiger charge is 2.28. The van der Waals surface area contributed by atoms with Gasteiger partial charge in [-0.3, -0.25) is 9.59 Å². The Morgan fingerprint density at radius 1 is 1.30 bits per heavy atom. The zero-order valence-corrected chi connectivity index (χ0v) is 19.0. The van der Waals surface area contributed by atoms with E-state index in [4.69, 9.17) is 16.3 Å². The second-order valence-corrected chi connectivity index (χ2v) is 9.55. The predicted molar refractivity (Wildman–Crippen MR) is 119 cm³/mol. The number of amides is 2. The summed E-state index contributed by atoms with van der Waals surface area (Å²) in [4.78, 5) is 35.5. The molecule has 0 radical (unpaired) electrons. The minimum absolute atomic E-state index is 0.0613. The number of carbonyl (C=O) groups excluding carboxylic acids is 2. The molecule has 1 unspecified atom stereocenters. The molecule has 2 aromatic rings. The van der Waals surface area contributed by atoms with Crippen molar-refractivity contribution in [2.24, 2.45) is 0 Å². The van der Waals surface area contributed by atoms with Gasteiger partial charge in [-0.25, -0.2) is 9.97 Å². The van der Waals surface area contributed by atoms with E-state index in [0.717, 1.165) is 55.6 Å². The van der Waals surface area contributed by atoms with Crippen molar-refractivity contribution >= 4 is 51.5 Å². The summed E-state index contributed by atoms with van der Waals surface area (Å²) in [5, 5.41) is 7.08. The summed E-state index contributed by atoms with van der Waals surface area (Å²) >= 11 is 8.96. The number of nitrogens with one attached hydrogen (secondary N) is 2. The normalized spacial score (nSPS) is 18.1. The van der Waals surface area contributed by atoms with Crippen molar-refractivity contribution in [2.75, 3.05) is 24.7 Å². The first kappa shape index (κ1) is 21.5. The monoisotopic (exact) mass is 466 g/mol. The molecule has 160 valence electrons. The van der Waals surface area contributed by atoms with E-state index in [1.807, 2.05) is 6.26 Å². The maximum atomic E-state index is 13.1. The fourth-order valence-electron chi connectivity index (χ4n) is 3.77. The summed E-state index contributed by atoms with van der Waals surface area (Å²) in [6.45, 7) is 1.22. The van der Waals surface area contributed by atoms with Gasteiger partial charge in [0.05, 0.1) is 22.9 Å². The third-order valence-corrected chi connectivity index (χ3v) is 7.31. The lowest BCUT2D eigenvalue weighted by molar-refractivity contribution is 0.0858. The van der Waals surface area contributed by atoms with Crippen molar-refractivity contribution in [1.82, 2.24) is 15.3 Å². The van der Waals surface area contributed by atoms with Gasteiger partial charge in [-0.05, 0) is 50.3 Å². The van der Waals surface area contributed by atoms with Crippen LogP contribution in [0, 0.1) is 0 Å². The number of hydrogen-bond acceptors (Lipinski definition) is 7. The molecule has 2 amide bonds. The molecule has 1 atom stereocenters. The summed E-state index contributed by atoms with van der Waals surface area (Å²) < 4.78 is 5.61. The maximum absolute atomic E-state index is 13.1. The smallest absolute Gasteiger partial charge is 0.276 e. The molecule has 3 heterocycles. The predicted octanol–water partition coefficient (Wildman–Crippen LogP) is 3.95. The molecule has 0 spiro atoms. The van der Waals surface area contributed by atoms with Gasteiger partial charge in [0.2, 0.25) is 0 Å². The van der Waals surface area contributed by atoms with E-state index in [9.17, 15) is 9.59 Å². The number of anilines is 1. The molecule has 1 fully saturated rings. The second kappa shape index (κ2) is 9.64. The number of halogens is 1. The van der Waals surface area contributed by atoms with Crippen LogP contribution in [-0.2, 0) is 17.6 Å². The van der Waals surface area contributed by atoms with Gasteiger partial charge in [-0.1, -0.05) is 23.4 Å². The van der Waals surface area contributed by atoms with Gasteiger partial charge in [0, 0.05) is 18.0 Å². The number of ether oxygens (including phenoxy) is 1. The molecule has 0 bridgehead atoms. The van der Waals surface area contributed by atoms with Crippen molar-refractivity contribution in [1.29, 1.82) is 0 Å². The Bertz CT molecular complexity index is 960. The van der Waals surface area contributed by atoms with E-state index in [0.29, 0.717) is 22.3 Å². The molecule has 0 aromatic carbocycles. The van der Waals surface area contributed by atoms with E-state index in [1.54, 1.807) is 0 Å². The molecule has 2 aliphatic rings. The fraction of sp³-hybridized carbons (Fsp3) is 0.500. The molecule has 2 N–H and O–H groups in total. The van der Waals surface area contributed by atoms with E-state index in [1.165, 1.54) is 29.3 Å². The van der Waals surface area contributed by atoms with Crippen LogP contribution >= 0.6 is 34.7 Å². The summed E-state index contributed by atoms with van der Waals surface area (Å²) in [6.07, 6.45) is 9.18. The Labute approximate surface area is 188 Å². The fourth-order valence-corrected chi connectivity index (χ4v) is 5.56. The van der Waals surface area contributed by atoms with E-state index < -0.39 is 5.91 Å². The number of nitrogens with zero attached hydrogens (tertiary/aromatic N) is 2. The minimum Gasteiger partial charge on any atom is -0.376 e. The highest BCUT2D eigenvalue weighted by atomic mass is 35.5. The number of aryl methyl sites for hydroxylation is 1. The summed E-state index contributed by atoms with van der Waals surface area (Å²) in [6, 6.07) is 0. The van der Waals surface area contributed by atoms with Crippen LogP contribution in [0.4, 0.5) is 5.00 Å². The first-order valence-electron chi connectivity index (χ1n) is 9.99. The number of hydrogen-bond donors (Lipinski definition) is 2. The molecule has 4 rings (SSSR count). The number of thiophene rings is 1. The van der Waals surface area contributed by atoms with Gasteiger partial charge in [0.1, 0.15) is 5.00 Å². The highest BCUT2D eigenvalue weighted by Crippen LogP contribution is 2.38. The highest BCUT2D eigenvalue weighted by molar-refractivity contribution is 7.98.